The first kappa shape index (κ1) is 20.1. The maximum absolute atomic E-state index is 12.5. The van der Waals surface area contributed by atoms with E-state index in [2.05, 4.69) is 15.6 Å². The van der Waals surface area contributed by atoms with E-state index in [1.54, 1.807) is 35.4 Å². The first-order valence-electron chi connectivity index (χ1n) is 9.40. The molecule has 0 saturated carbocycles. The number of nitrogens with zero attached hydrogens (tertiary/aromatic N) is 4. The van der Waals surface area contributed by atoms with E-state index in [0.717, 1.165) is 5.69 Å². The van der Waals surface area contributed by atoms with E-state index in [9.17, 15) is 9.59 Å². The molecule has 0 aliphatic rings. The van der Waals surface area contributed by atoms with E-state index in [-0.39, 0.29) is 24.1 Å². The molecule has 0 aliphatic heterocycles. The number of likely N-dealkylation sites (N-methyl/N-ethyl adjacent to an activating group) is 1. The summed E-state index contributed by atoms with van der Waals surface area (Å²) in [5, 5.41) is 10.7. The second kappa shape index (κ2) is 9.50. The van der Waals surface area contributed by atoms with Crippen molar-refractivity contribution in [3.8, 4) is 11.4 Å². The van der Waals surface area contributed by atoms with Crippen LogP contribution >= 0.6 is 0 Å². The van der Waals surface area contributed by atoms with Crippen LogP contribution in [-0.4, -0.2) is 51.4 Å². The number of rotatable bonds is 8. The number of anilines is 1. The van der Waals surface area contributed by atoms with Gasteiger partial charge in [0.15, 0.2) is 12.3 Å². The van der Waals surface area contributed by atoms with Crippen molar-refractivity contribution >= 4 is 17.5 Å². The Hall–Kier alpha value is -3.68. The summed E-state index contributed by atoms with van der Waals surface area (Å²) in [5.74, 6) is 0.0294. The zero-order chi connectivity index (χ0) is 20.6. The predicted molar refractivity (Wildman–Crippen MR) is 109 cm³/mol. The number of carbonyl (C=O) groups excluding carboxylic acids is 2. The third kappa shape index (κ3) is 5.19. The third-order valence-electron chi connectivity index (χ3n) is 4.32. The van der Waals surface area contributed by atoms with Gasteiger partial charge in [-0.1, -0.05) is 29.5 Å². The molecule has 3 aromatic rings. The van der Waals surface area contributed by atoms with Crippen LogP contribution in [0.5, 0.6) is 5.75 Å². The van der Waals surface area contributed by atoms with Gasteiger partial charge in [0, 0.05) is 24.8 Å². The molecule has 2 amide bonds. The molecule has 1 aromatic heterocycles. The Balaban J connectivity index is 1.62. The lowest BCUT2D eigenvalue weighted by atomic mass is 10.3. The maximum Gasteiger partial charge on any atom is 0.277 e. The molecule has 0 unspecified atom stereocenters. The molecule has 0 fully saturated rings. The lowest BCUT2D eigenvalue weighted by Crippen LogP contribution is -2.34. The average Bonchev–Trinajstić information content (AvgIpc) is 3.25. The van der Waals surface area contributed by atoms with Crippen LogP contribution in [0.15, 0.2) is 60.8 Å². The molecule has 8 heteroatoms. The first-order chi connectivity index (χ1) is 14.1. The number of aromatic nitrogens is 3. The molecule has 2 aromatic carbocycles. The number of hydrogen-bond donors (Lipinski definition) is 1. The van der Waals surface area contributed by atoms with Crippen LogP contribution in [0, 0.1) is 0 Å². The SMILES string of the molecule is CCN(CC)C(=O)COc1cccc(NC(=O)c2cn(-c3ccccc3)nn2)c1. The highest BCUT2D eigenvalue weighted by Crippen LogP contribution is 2.18. The van der Waals surface area contributed by atoms with Gasteiger partial charge in [-0.05, 0) is 38.1 Å². The van der Waals surface area contributed by atoms with Crippen LogP contribution in [0.25, 0.3) is 5.69 Å². The Kier molecular flexibility index (Phi) is 6.57. The van der Waals surface area contributed by atoms with E-state index in [0.29, 0.717) is 24.5 Å². The van der Waals surface area contributed by atoms with Crippen molar-refractivity contribution in [2.45, 2.75) is 13.8 Å². The van der Waals surface area contributed by atoms with Crippen molar-refractivity contribution < 1.29 is 14.3 Å². The quantitative estimate of drug-likeness (QED) is 0.636. The molecule has 8 nitrogen and oxygen atoms in total. The Morgan fingerprint density at radius 2 is 1.83 bits per heavy atom. The van der Waals surface area contributed by atoms with Crippen molar-refractivity contribution in [3.05, 3.63) is 66.5 Å². The molecule has 29 heavy (non-hydrogen) atoms. The number of amides is 2. The zero-order valence-corrected chi connectivity index (χ0v) is 16.4. The number of para-hydroxylation sites is 1. The molecule has 0 aliphatic carbocycles. The van der Waals surface area contributed by atoms with Gasteiger partial charge in [-0.15, -0.1) is 5.10 Å². The van der Waals surface area contributed by atoms with Crippen LogP contribution in [0.4, 0.5) is 5.69 Å². The molecular formula is C21H23N5O3. The number of benzene rings is 2. The molecule has 150 valence electrons. The fraction of sp³-hybridized carbons (Fsp3) is 0.238. The number of hydrogen-bond acceptors (Lipinski definition) is 5. The predicted octanol–water partition coefficient (Wildman–Crippen LogP) is 2.77. The van der Waals surface area contributed by atoms with Crippen molar-refractivity contribution in [2.24, 2.45) is 0 Å². The maximum atomic E-state index is 12.5. The van der Waals surface area contributed by atoms with Gasteiger partial charge >= 0.3 is 0 Å². The second-order valence-electron chi connectivity index (χ2n) is 6.22. The standard InChI is InChI=1S/C21H23N5O3/c1-3-25(4-2)20(27)15-29-18-12-8-9-16(13-18)22-21(28)19-14-26(24-23-19)17-10-6-5-7-11-17/h5-14H,3-4,15H2,1-2H3,(H,22,28). The van der Waals surface area contributed by atoms with E-state index in [1.807, 2.05) is 44.2 Å². The summed E-state index contributed by atoms with van der Waals surface area (Å²) < 4.78 is 7.10. The van der Waals surface area contributed by atoms with Crippen molar-refractivity contribution in [1.82, 2.24) is 19.9 Å². The van der Waals surface area contributed by atoms with E-state index in [1.165, 1.54) is 4.68 Å². The smallest absolute Gasteiger partial charge is 0.277 e. The summed E-state index contributed by atoms with van der Waals surface area (Å²) in [5.41, 5.74) is 1.54. The fourth-order valence-electron chi connectivity index (χ4n) is 2.75. The Labute approximate surface area is 169 Å². The average molecular weight is 393 g/mol. The van der Waals surface area contributed by atoms with Crippen LogP contribution < -0.4 is 10.1 Å². The highest BCUT2D eigenvalue weighted by atomic mass is 16.5. The highest BCUT2D eigenvalue weighted by molar-refractivity contribution is 6.02. The van der Waals surface area contributed by atoms with E-state index in [4.69, 9.17) is 4.74 Å². The Bertz CT molecular complexity index is 967. The van der Waals surface area contributed by atoms with Gasteiger partial charge < -0.3 is 15.0 Å². The lowest BCUT2D eigenvalue weighted by Gasteiger charge is -2.18. The summed E-state index contributed by atoms with van der Waals surface area (Å²) in [6, 6.07) is 16.3. The van der Waals surface area contributed by atoms with Gasteiger partial charge in [-0.25, -0.2) is 4.68 Å². The molecule has 1 heterocycles. The molecule has 0 atom stereocenters. The molecule has 0 bridgehead atoms. The first-order valence-corrected chi connectivity index (χ1v) is 9.40. The topological polar surface area (TPSA) is 89.4 Å². The van der Waals surface area contributed by atoms with Gasteiger partial charge in [0.05, 0.1) is 11.9 Å². The minimum atomic E-state index is -0.386. The summed E-state index contributed by atoms with van der Waals surface area (Å²) in [6.07, 6.45) is 1.56. The van der Waals surface area contributed by atoms with Gasteiger partial charge in [-0.2, -0.15) is 0 Å². The lowest BCUT2D eigenvalue weighted by molar-refractivity contribution is -0.132. The second-order valence-corrected chi connectivity index (χ2v) is 6.22. The Morgan fingerprint density at radius 3 is 2.55 bits per heavy atom. The summed E-state index contributed by atoms with van der Waals surface area (Å²) in [7, 11) is 0. The molecule has 0 radical (unpaired) electrons. The normalized spacial score (nSPS) is 10.4. The molecule has 0 saturated heterocycles. The highest BCUT2D eigenvalue weighted by Gasteiger charge is 2.13. The van der Waals surface area contributed by atoms with Crippen LogP contribution in [-0.2, 0) is 4.79 Å². The van der Waals surface area contributed by atoms with E-state index < -0.39 is 0 Å². The number of ether oxygens (including phenoxy) is 1. The largest absolute Gasteiger partial charge is 0.484 e. The minimum Gasteiger partial charge on any atom is -0.484 e. The van der Waals surface area contributed by atoms with E-state index >= 15 is 0 Å². The van der Waals surface area contributed by atoms with Gasteiger partial charge in [0.1, 0.15) is 5.75 Å². The van der Waals surface area contributed by atoms with Gasteiger partial charge in [0.25, 0.3) is 11.8 Å². The van der Waals surface area contributed by atoms with Crippen LogP contribution in [0.3, 0.4) is 0 Å². The molecule has 0 spiro atoms. The summed E-state index contributed by atoms with van der Waals surface area (Å²) in [4.78, 5) is 26.2. The van der Waals surface area contributed by atoms with Crippen molar-refractivity contribution in [1.29, 1.82) is 0 Å². The van der Waals surface area contributed by atoms with Crippen LogP contribution in [0.1, 0.15) is 24.3 Å². The zero-order valence-electron chi connectivity index (χ0n) is 16.4. The molecular weight excluding hydrogens is 370 g/mol. The Morgan fingerprint density at radius 1 is 1.07 bits per heavy atom. The monoisotopic (exact) mass is 393 g/mol. The third-order valence-corrected chi connectivity index (χ3v) is 4.32. The summed E-state index contributed by atoms with van der Waals surface area (Å²) >= 11 is 0. The number of carbonyl (C=O) groups is 2. The fourth-order valence-corrected chi connectivity index (χ4v) is 2.75. The van der Waals surface area contributed by atoms with Crippen LogP contribution in [0.2, 0.25) is 0 Å². The molecule has 3 rings (SSSR count). The van der Waals surface area contributed by atoms with Gasteiger partial charge in [-0.3, -0.25) is 9.59 Å². The van der Waals surface area contributed by atoms with Gasteiger partial charge in [0.2, 0.25) is 0 Å². The van der Waals surface area contributed by atoms with Crippen molar-refractivity contribution in [2.75, 3.05) is 25.0 Å². The molecule has 1 N–H and O–H groups in total. The van der Waals surface area contributed by atoms with Crippen molar-refractivity contribution in [3.63, 3.8) is 0 Å². The minimum absolute atomic E-state index is 0.0511. The number of nitrogens with one attached hydrogen (secondary N) is 1. The summed E-state index contributed by atoms with van der Waals surface area (Å²) in [6.45, 7) is 5.07.